The Morgan fingerprint density at radius 1 is 1.18 bits per heavy atom. The van der Waals surface area contributed by atoms with E-state index in [-0.39, 0.29) is 5.91 Å². The highest BCUT2D eigenvalue weighted by Gasteiger charge is 2.24. The number of carbonyl (C=O) groups excluding carboxylic acids is 1. The number of rotatable bonds is 5. The number of carbonyl (C=O) groups is 1. The molecule has 168 valence electrons. The topological polar surface area (TPSA) is 50.7 Å². The van der Waals surface area contributed by atoms with Gasteiger partial charge >= 0.3 is 0 Å². The molecule has 0 unspecified atom stereocenters. The standard InChI is InChI=1S/C24H16BrCl2IN2O2S/c1-13-4-2-5-14(8-13)12-32-22-16(25)9-15(10-18(22)28)11-20-23(31)30-24(33-20)29-19-7-3-6-17(26)21(19)27/h2-11H,12H2,1H3,(H,29,30,31)/b20-11-. The monoisotopic (exact) mass is 672 g/mol. The second-order valence-electron chi connectivity index (χ2n) is 7.15. The molecule has 1 fully saturated rings. The average molecular weight is 674 g/mol. The van der Waals surface area contributed by atoms with Crippen LogP contribution in [0.5, 0.6) is 5.75 Å². The Hall–Kier alpha value is -1.52. The summed E-state index contributed by atoms with van der Waals surface area (Å²) in [4.78, 5) is 17.4. The number of nitrogens with zero attached hydrogens (tertiary/aromatic N) is 1. The summed E-state index contributed by atoms with van der Waals surface area (Å²) in [6, 6.07) is 17.3. The fraction of sp³-hybridized carbons (Fsp3) is 0.0833. The molecule has 3 aromatic carbocycles. The van der Waals surface area contributed by atoms with Crippen LogP contribution in [0, 0.1) is 10.5 Å². The van der Waals surface area contributed by atoms with E-state index in [1.165, 1.54) is 17.3 Å². The zero-order valence-corrected chi connectivity index (χ0v) is 23.2. The summed E-state index contributed by atoms with van der Waals surface area (Å²) in [5, 5.41) is 3.97. The van der Waals surface area contributed by atoms with Crippen LogP contribution >= 0.6 is 73.5 Å². The van der Waals surface area contributed by atoms with Crippen LogP contribution in [-0.2, 0) is 11.4 Å². The van der Waals surface area contributed by atoms with Gasteiger partial charge in [-0.25, -0.2) is 4.99 Å². The summed E-state index contributed by atoms with van der Waals surface area (Å²) >= 11 is 19.3. The molecule has 0 atom stereocenters. The molecule has 0 bridgehead atoms. The molecule has 1 aliphatic rings. The second-order valence-corrected chi connectivity index (χ2v) is 11.0. The number of benzene rings is 3. The summed E-state index contributed by atoms with van der Waals surface area (Å²) < 4.78 is 7.81. The molecule has 0 aromatic heterocycles. The highest BCUT2D eigenvalue weighted by atomic mass is 127. The fourth-order valence-electron chi connectivity index (χ4n) is 3.08. The predicted molar refractivity (Wildman–Crippen MR) is 150 cm³/mol. The van der Waals surface area contributed by atoms with E-state index in [1.54, 1.807) is 18.2 Å². The Kier molecular flexibility index (Phi) is 8.07. The molecule has 3 aromatic rings. The van der Waals surface area contributed by atoms with Gasteiger partial charge in [0.2, 0.25) is 0 Å². The van der Waals surface area contributed by atoms with Gasteiger partial charge in [-0.15, -0.1) is 0 Å². The third kappa shape index (κ3) is 6.14. The third-order valence-electron chi connectivity index (χ3n) is 4.59. The zero-order valence-electron chi connectivity index (χ0n) is 17.2. The molecular formula is C24H16BrCl2IN2O2S. The first-order chi connectivity index (χ1) is 15.8. The highest BCUT2D eigenvalue weighted by molar-refractivity contribution is 14.1. The zero-order chi connectivity index (χ0) is 23.5. The fourth-order valence-corrected chi connectivity index (χ4v) is 6.02. The molecule has 4 nitrogen and oxygen atoms in total. The van der Waals surface area contributed by atoms with Crippen molar-refractivity contribution in [2.75, 3.05) is 0 Å². The van der Waals surface area contributed by atoms with E-state index in [9.17, 15) is 4.79 Å². The Bertz CT molecular complexity index is 1290. The molecule has 33 heavy (non-hydrogen) atoms. The van der Waals surface area contributed by atoms with E-state index in [0.717, 1.165) is 24.9 Å². The van der Waals surface area contributed by atoms with Crippen molar-refractivity contribution in [2.24, 2.45) is 4.99 Å². The van der Waals surface area contributed by atoms with E-state index in [1.807, 2.05) is 30.3 Å². The first-order valence-electron chi connectivity index (χ1n) is 9.71. The van der Waals surface area contributed by atoms with Gasteiger partial charge in [-0.1, -0.05) is 59.1 Å². The highest BCUT2D eigenvalue weighted by Crippen LogP contribution is 2.36. The van der Waals surface area contributed by atoms with Crippen LogP contribution in [-0.4, -0.2) is 11.1 Å². The lowest BCUT2D eigenvalue weighted by atomic mass is 10.1. The van der Waals surface area contributed by atoms with Gasteiger partial charge in [0.15, 0.2) is 5.17 Å². The lowest BCUT2D eigenvalue weighted by Crippen LogP contribution is -2.19. The molecule has 9 heteroatoms. The van der Waals surface area contributed by atoms with Gasteiger partial charge in [0.1, 0.15) is 12.4 Å². The number of thioether (sulfide) groups is 1. The van der Waals surface area contributed by atoms with E-state index in [4.69, 9.17) is 27.9 Å². The summed E-state index contributed by atoms with van der Waals surface area (Å²) in [6.07, 6.45) is 1.82. The number of halogens is 4. The Balaban J connectivity index is 1.52. The molecule has 0 radical (unpaired) electrons. The molecule has 0 spiro atoms. The van der Waals surface area contributed by atoms with Crippen LogP contribution in [0.1, 0.15) is 16.7 Å². The van der Waals surface area contributed by atoms with E-state index in [2.05, 4.69) is 67.9 Å². The Morgan fingerprint density at radius 3 is 2.73 bits per heavy atom. The van der Waals surface area contributed by atoms with Crippen molar-refractivity contribution in [3.05, 3.63) is 94.3 Å². The first-order valence-corrected chi connectivity index (χ1v) is 13.2. The van der Waals surface area contributed by atoms with E-state index < -0.39 is 0 Å². The molecule has 1 N–H and O–H groups in total. The largest absolute Gasteiger partial charge is 0.487 e. The number of hydrogen-bond acceptors (Lipinski definition) is 4. The van der Waals surface area contributed by atoms with Gasteiger partial charge in [-0.3, -0.25) is 4.79 Å². The minimum Gasteiger partial charge on any atom is -0.487 e. The third-order valence-corrected chi connectivity index (χ3v) is 7.70. The van der Waals surface area contributed by atoms with Crippen molar-refractivity contribution in [3.63, 3.8) is 0 Å². The number of aliphatic imine (C=N–C) groups is 1. The molecule has 4 rings (SSSR count). The number of ether oxygens (including phenoxy) is 1. The summed E-state index contributed by atoms with van der Waals surface area (Å²) in [5.41, 5.74) is 3.67. The Morgan fingerprint density at radius 2 is 1.97 bits per heavy atom. The lowest BCUT2D eigenvalue weighted by molar-refractivity contribution is -0.115. The maximum atomic E-state index is 12.5. The summed E-state index contributed by atoms with van der Waals surface area (Å²) in [6.45, 7) is 2.53. The van der Waals surface area contributed by atoms with Crippen LogP contribution in [0.3, 0.4) is 0 Å². The minimum absolute atomic E-state index is 0.220. The maximum absolute atomic E-state index is 12.5. The number of aryl methyl sites for hydroxylation is 1. The SMILES string of the molecule is Cc1cccc(COc2c(Br)cc(/C=C3\SC(=Nc4cccc(Cl)c4Cl)NC3=O)cc2I)c1. The van der Waals surface area contributed by atoms with Crippen LogP contribution < -0.4 is 10.1 Å². The van der Waals surface area contributed by atoms with Gasteiger partial charge in [0.25, 0.3) is 5.91 Å². The van der Waals surface area contributed by atoms with Gasteiger partial charge in [0.05, 0.1) is 28.7 Å². The van der Waals surface area contributed by atoms with E-state index in [0.29, 0.717) is 32.4 Å². The molecule has 0 saturated carbocycles. The predicted octanol–water partition coefficient (Wildman–Crippen LogP) is 8.14. The molecule has 1 heterocycles. The number of nitrogens with one attached hydrogen (secondary N) is 1. The average Bonchev–Trinajstić information content (AvgIpc) is 3.09. The summed E-state index contributed by atoms with van der Waals surface area (Å²) in [5.74, 6) is 0.545. The number of amides is 1. The van der Waals surface area contributed by atoms with Gasteiger partial charge in [-0.2, -0.15) is 0 Å². The van der Waals surface area contributed by atoms with Crippen molar-refractivity contribution < 1.29 is 9.53 Å². The Labute approximate surface area is 228 Å². The first kappa shape index (κ1) is 24.6. The van der Waals surface area contributed by atoms with Crippen LogP contribution in [0.4, 0.5) is 5.69 Å². The maximum Gasteiger partial charge on any atom is 0.264 e. The smallest absolute Gasteiger partial charge is 0.264 e. The molecule has 1 saturated heterocycles. The van der Waals surface area contributed by atoms with Gasteiger partial charge in [0, 0.05) is 0 Å². The van der Waals surface area contributed by atoms with Gasteiger partial charge < -0.3 is 10.1 Å². The van der Waals surface area contributed by atoms with Crippen molar-refractivity contribution in [2.45, 2.75) is 13.5 Å². The quantitative estimate of drug-likeness (QED) is 0.220. The van der Waals surface area contributed by atoms with Crippen molar-refractivity contribution in [3.8, 4) is 5.75 Å². The van der Waals surface area contributed by atoms with Crippen molar-refractivity contribution >= 4 is 96.3 Å². The molecule has 1 amide bonds. The molecule has 0 aliphatic carbocycles. The lowest BCUT2D eigenvalue weighted by Gasteiger charge is -2.12. The van der Waals surface area contributed by atoms with Crippen LogP contribution in [0.2, 0.25) is 10.0 Å². The minimum atomic E-state index is -0.220. The second kappa shape index (κ2) is 10.8. The van der Waals surface area contributed by atoms with Gasteiger partial charge in [-0.05, 0) is 98.7 Å². The summed E-state index contributed by atoms with van der Waals surface area (Å²) in [7, 11) is 0. The van der Waals surface area contributed by atoms with E-state index >= 15 is 0 Å². The number of hydrogen-bond donors (Lipinski definition) is 1. The number of amidine groups is 1. The van der Waals surface area contributed by atoms with Crippen molar-refractivity contribution in [1.82, 2.24) is 5.32 Å². The van der Waals surface area contributed by atoms with Crippen LogP contribution in [0.25, 0.3) is 6.08 Å². The van der Waals surface area contributed by atoms with Crippen LogP contribution in [0.15, 0.2) is 69.0 Å². The normalized spacial score (nSPS) is 15.8. The molecular weight excluding hydrogens is 658 g/mol. The molecule has 1 aliphatic heterocycles. The van der Waals surface area contributed by atoms with Crippen molar-refractivity contribution in [1.29, 1.82) is 0 Å².